The average molecular weight is 593 g/mol. The summed E-state index contributed by atoms with van der Waals surface area (Å²) in [6.45, 7) is 4.47. The lowest BCUT2D eigenvalue weighted by Crippen LogP contribution is -2.60. The van der Waals surface area contributed by atoms with Crippen molar-refractivity contribution in [1.82, 2.24) is 30.2 Å². The van der Waals surface area contributed by atoms with Crippen molar-refractivity contribution in [2.24, 2.45) is 5.92 Å². The van der Waals surface area contributed by atoms with Crippen LogP contribution in [-0.2, 0) is 17.6 Å². The Bertz CT molecular complexity index is 1880. The Labute approximate surface area is 255 Å². The highest BCUT2D eigenvalue weighted by molar-refractivity contribution is 5.97. The molecule has 44 heavy (non-hydrogen) atoms. The zero-order valence-corrected chi connectivity index (χ0v) is 25.3. The van der Waals surface area contributed by atoms with Crippen LogP contribution in [-0.4, -0.2) is 62.9 Å². The highest BCUT2D eigenvalue weighted by Crippen LogP contribution is 2.36. The van der Waals surface area contributed by atoms with Crippen molar-refractivity contribution in [2.75, 3.05) is 20.2 Å². The number of nitrogens with one attached hydrogen (secondary N) is 2. The number of benzene rings is 2. The Morgan fingerprint density at radius 1 is 1.09 bits per heavy atom. The predicted octanol–water partition coefficient (Wildman–Crippen LogP) is 5.37. The smallest absolute Gasteiger partial charge is 0.251 e. The lowest BCUT2D eigenvalue weighted by molar-refractivity contribution is -0.133. The number of H-pyrrole nitrogens is 1. The molecule has 2 amide bonds. The van der Waals surface area contributed by atoms with Gasteiger partial charge in [-0.05, 0) is 42.2 Å². The van der Waals surface area contributed by atoms with Gasteiger partial charge in [0.1, 0.15) is 22.7 Å². The van der Waals surface area contributed by atoms with Gasteiger partial charge in [-0.1, -0.05) is 37.8 Å². The predicted molar refractivity (Wildman–Crippen MR) is 167 cm³/mol. The van der Waals surface area contributed by atoms with E-state index in [-0.39, 0.29) is 17.9 Å². The molecule has 2 aromatic carbocycles. The Morgan fingerprint density at radius 2 is 1.91 bits per heavy atom. The number of likely N-dealkylation sites (tertiary alicyclic amines) is 1. The molecular weight excluding hydrogens is 556 g/mol. The molecule has 0 atom stereocenters. The van der Waals surface area contributed by atoms with Crippen LogP contribution in [0.1, 0.15) is 65.9 Å². The summed E-state index contributed by atoms with van der Waals surface area (Å²) in [5.74, 6) is 2.40. The molecule has 3 aromatic heterocycles. The molecule has 10 nitrogen and oxygen atoms in total. The summed E-state index contributed by atoms with van der Waals surface area (Å²) >= 11 is 0. The standard InChI is InChI=1S/C34H36N6O4/c1-19-36-27-11-10-22(13-30(27)44-19)26-16-35-33-32(26)28(12-21-6-4-5-7-21)38-31(39-33)15-23-8-9-24(14-29(23)43-3)34(42)37-25-17-40(18-25)20(2)41/h8-11,13-14,16,21,25H,4-7,12,15,17-18H2,1-3H3,(H,37,42)(H,35,38,39). The number of aromatic amines is 1. The number of methoxy groups -OCH3 is 1. The van der Waals surface area contributed by atoms with Crippen LogP contribution < -0.4 is 10.1 Å². The quantitative estimate of drug-likeness (QED) is 0.248. The van der Waals surface area contributed by atoms with E-state index in [2.05, 4.69) is 21.4 Å². The van der Waals surface area contributed by atoms with E-state index in [1.165, 1.54) is 32.6 Å². The number of nitrogens with zero attached hydrogens (tertiary/aromatic N) is 4. The van der Waals surface area contributed by atoms with Crippen LogP contribution in [0.25, 0.3) is 33.3 Å². The molecular formula is C34H36N6O4. The van der Waals surface area contributed by atoms with E-state index < -0.39 is 0 Å². The molecule has 7 rings (SSSR count). The number of ether oxygens (including phenoxy) is 1. The van der Waals surface area contributed by atoms with E-state index in [0.29, 0.717) is 48.5 Å². The van der Waals surface area contributed by atoms with Gasteiger partial charge in [0.25, 0.3) is 5.91 Å². The van der Waals surface area contributed by atoms with E-state index in [4.69, 9.17) is 19.1 Å². The monoisotopic (exact) mass is 592 g/mol. The molecule has 0 radical (unpaired) electrons. The third kappa shape index (κ3) is 5.40. The van der Waals surface area contributed by atoms with Gasteiger partial charge >= 0.3 is 0 Å². The molecule has 5 aromatic rings. The van der Waals surface area contributed by atoms with Gasteiger partial charge in [-0.2, -0.15) is 0 Å². The first-order valence-electron chi connectivity index (χ1n) is 15.3. The van der Waals surface area contributed by atoms with Crippen LogP contribution in [0.5, 0.6) is 5.75 Å². The number of carbonyl (C=O) groups excluding carboxylic acids is 2. The molecule has 1 saturated carbocycles. The first-order valence-corrected chi connectivity index (χ1v) is 15.3. The molecule has 10 heteroatoms. The number of rotatable bonds is 8. The third-order valence-electron chi connectivity index (χ3n) is 8.98. The van der Waals surface area contributed by atoms with Gasteiger partial charge in [0, 0.05) is 61.6 Å². The van der Waals surface area contributed by atoms with Gasteiger partial charge in [0.2, 0.25) is 5.91 Å². The van der Waals surface area contributed by atoms with Crippen molar-refractivity contribution >= 4 is 33.9 Å². The lowest BCUT2D eigenvalue weighted by atomic mass is 9.97. The van der Waals surface area contributed by atoms with Crippen molar-refractivity contribution in [3.05, 3.63) is 71.1 Å². The largest absolute Gasteiger partial charge is 0.496 e. The van der Waals surface area contributed by atoms with Crippen LogP contribution in [0.15, 0.2) is 47.0 Å². The van der Waals surface area contributed by atoms with Gasteiger partial charge in [-0.3, -0.25) is 9.59 Å². The fourth-order valence-corrected chi connectivity index (χ4v) is 6.61. The maximum Gasteiger partial charge on any atom is 0.251 e. The van der Waals surface area contributed by atoms with Crippen molar-refractivity contribution in [2.45, 2.75) is 58.4 Å². The van der Waals surface area contributed by atoms with Crippen molar-refractivity contribution in [3.8, 4) is 16.9 Å². The molecule has 0 bridgehead atoms. The number of oxazole rings is 1. The highest BCUT2D eigenvalue weighted by Gasteiger charge is 2.30. The van der Waals surface area contributed by atoms with E-state index in [1.807, 2.05) is 31.3 Å². The maximum atomic E-state index is 12.9. The van der Waals surface area contributed by atoms with Crippen LogP contribution >= 0.6 is 0 Å². The minimum atomic E-state index is -0.183. The van der Waals surface area contributed by atoms with E-state index in [1.54, 1.807) is 24.1 Å². The Kier molecular flexibility index (Phi) is 7.27. The number of hydrogen-bond donors (Lipinski definition) is 2. The lowest BCUT2D eigenvalue weighted by Gasteiger charge is -2.38. The molecule has 2 N–H and O–H groups in total. The summed E-state index contributed by atoms with van der Waals surface area (Å²) in [4.78, 5) is 44.1. The summed E-state index contributed by atoms with van der Waals surface area (Å²) in [7, 11) is 1.61. The Morgan fingerprint density at radius 3 is 2.68 bits per heavy atom. The molecule has 0 spiro atoms. The second-order valence-electron chi connectivity index (χ2n) is 12.1. The zero-order chi connectivity index (χ0) is 30.4. The molecule has 4 heterocycles. The molecule has 2 fully saturated rings. The minimum Gasteiger partial charge on any atom is -0.496 e. The maximum absolute atomic E-state index is 12.9. The summed E-state index contributed by atoms with van der Waals surface area (Å²) in [5, 5.41) is 4.05. The summed E-state index contributed by atoms with van der Waals surface area (Å²) < 4.78 is 11.5. The number of aryl methyl sites for hydroxylation is 1. The van der Waals surface area contributed by atoms with E-state index in [9.17, 15) is 9.59 Å². The SMILES string of the molecule is COc1cc(C(=O)NC2CN(C(C)=O)C2)ccc1Cc1nc(CC2CCCC2)c2c(-c3ccc4nc(C)oc4c3)c[nH]c2n1. The molecule has 1 aliphatic heterocycles. The molecule has 1 saturated heterocycles. The number of fused-ring (bicyclic) bond motifs is 2. The van der Waals surface area contributed by atoms with Crippen molar-refractivity contribution in [1.29, 1.82) is 0 Å². The second kappa shape index (κ2) is 11.4. The van der Waals surface area contributed by atoms with Gasteiger partial charge in [0.15, 0.2) is 11.5 Å². The number of amides is 2. The second-order valence-corrected chi connectivity index (χ2v) is 12.1. The van der Waals surface area contributed by atoms with Crippen molar-refractivity contribution < 1.29 is 18.7 Å². The normalized spacial score (nSPS) is 15.7. The molecule has 226 valence electrons. The molecule has 1 aliphatic carbocycles. The van der Waals surface area contributed by atoms with Crippen LogP contribution in [0, 0.1) is 12.8 Å². The average Bonchev–Trinajstić information content (AvgIpc) is 3.73. The van der Waals surface area contributed by atoms with E-state index in [0.717, 1.165) is 50.9 Å². The topological polar surface area (TPSA) is 126 Å². The first kappa shape index (κ1) is 28.1. The summed E-state index contributed by atoms with van der Waals surface area (Å²) in [5.41, 5.74) is 6.98. The third-order valence-corrected chi connectivity index (χ3v) is 8.98. The summed E-state index contributed by atoms with van der Waals surface area (Å²) in [6.07, 6.45) is 8.34. The highest BCUT2D eigenvalue weighted by atomic mass is 16.5. The van der Waals surface area contributed by atoms with Gasteiger partial charge in [-0.15, -0.1) is 0 Å². The van der Waals surface area contributed by atoms with Gasteiger partial charge in [0.05, 0.1) is 18.8 Å². The molecule has 2 aliphatic rings. The fraction of sp³-hybridized carbons (Fsp3) is 0.382. The minimum absolute atomic E-state index is 0.0203. The number of aromatic nitrogens is 4. The van der Waals surface area contributed by atoms with Gasteiger partial charge < -0.3 is 24.4 Å². The Hall–Kier alpha value is -4.73. The summed E-state index contributed by atoms with van der Waals surface area (Å²) in [6, 6.07) is 11.6. The van der Waals surface area contributed by atoms with E-state index >= 15 is 0 Å². The van der Waals surface area contributed by atoms with Crippen molar-refractivity contribution in [3.63, 3.8) is 0 Å². The fourth-order valence-electron chi connectivity index (χ4n) is 6.61. The number of carbonyl (C=O) groups is 2. The van der Waals surface area contributed by atoms with Gasteiger partial charge in [-0.25, -0.2) is 15.0 Å². The van der Waals surface area contributed by atoms with Crippen LogP contribution in [0.4, 0.5) is 0 Å². The molecule has 0 unspecified atom stereocenters. The zero-order valence-electron chi connectivity index (χ0n) is 25.3. The number of hydrogen-bond acceptors (Lipinski definition) is 7. The van der Waals surface area contributed by atoms with Crippen LogP contribution in [0.2, 0.25) is 0 Å². The Balaban J connectivity index is 1.18. The first-order chi connectivity index (χ1) is 21.3. The van der Waals surface area contributed by atoms with Crippen LogP contribution in [0.3, 0.4) is 0 Å².